The maximum Gasteiger partial charge on any atom is 0.227 e. The van der Waals surface area contributed by atoms with Crippen LogP contribution in [0.15, 0.2) is 48.5 Å². The monoisotopic (exact) mass is 338 g/mol. The zero-order valence-electron chi connectivity index (χ0n) is 14.9. The van der Waals surface area contributed by atoms with Gasteiger partial charge < -0.3 is 15.4 Å². The molecule has 2 N–H and O–H groups in total. The maximum absolute atomic E-state index is 12.4. The number of ether oxygens (including phenoxy) is 1. The van der Waals surface area contributed by atoms with Crippen LogP contribution in [0.25, 0.3) is 0 Å². The van der Waals surface area contributed by atoms with Crippen LogP contribution in [0.1, 0.15) is 37.0 Å². The molecule has 1 atom stereocenters. The number of anilines is 1. The van der Waals surface area contributed by atoms with Crippen LogP contribution in [-0.2, 0) is 4.79 Å². The fraction of sp³-hybridized carbons (Fsp3) is 0.381. The molecule has 1 amide bonds. The third kappa shape index (κ3) is 4.60. The van der Waals surface area contributed by atoms with E-state index in [0.717, 1.165) is 48.5 Å². The van der Waals surface area contributed by atoms with Gasteiger partial charge in [0.1, 0.15) is 11.9 Å². The Morgan fingerprint density at radius 3 is 2.56 bits per heavy atom. The minimum Gasteiger partial charge on any atom is -0.486 e. The molecule has 2 aromatic carbocycles. The van der Waals surface area contributed by atoms with Crippen molar-refractivity contribution in [3.63, 3.8) is 0 Å². The van der Waals surface area contributed by atoms with Crippen molar-refractivity contribution in [3.8, 4) is 5.75 Å². The van der Waals surface area contributed by atoms with Crippen molar-refractivity contribution in [2.45, 2.75) is 32.8 Å². The number of amides is 1. The molecule has 132 valence electrons. The Morgan fingerprint density at radius 1 is 1.16 bits per heavy atom. The Bertz CT molecular complexity index is 709. The fourth-order valence-electron chi connectivity index (χ4n) is 3.16. The van der Waals surface area contributed by atoms with E-state index in [9.17, 15) is 4.79 Å². The normalized spacial score (nSPS) is 16.2. The van der Waals surface area contributed by atoms with Gasteiger partial charge in [-0.15, -0.1) is 0 Å². The molecule has 1 fully saturated rings. The molecular formula is C21H26N2O2. The largest absolute Gasteiger partial charge is 0.486 e. The van der Waals surface area contributed by atoms with E-state index in [1.807, 2.05) is 50.2 Å². The predicted octanol–water partition coefficient (Wildman–Crippen LogP) is 4.07. The first-order valence-corrected chi connectivity index (χ1v) is 8.97. The van der Waals surface area contributed by atoms with Gasteiger partial charge in [0, 0.05) is 11.6 Å². The fourth-order valence-corrected chi connectivity index (χ4v) is 3.16. The van der Waals surface area contributed by atoms with Crippen molar-refractivity contribution in [3.05, 3.63) is 59.7 Å². The van der Waals surface area contributed by atoms with Gasteiger partial charge in [-0.05, 0) is 69.1 Å². The summed E-state index contributed by atoms with van der Waals surface area (Å²) in [5, 5.41) is 6.36. The van der Waals surface area contributed by atoms with Crippen LogP contribution >= 0.6 is 0 Å². The van der Waals surface area contributed by atoms with E-state index >= 15 is 0 Å². The van der Waals surface area contributed by atoms with Crippen molar-refractivity contribution >= 4 is 11.6 Å². The van der Waals surface area contributed by atoms with Gasteiger partial charge in [0.2, 0.25) is 5.91 Å². The number of nitrogens with one attached hydrogen (secondary N) is 2. The van der Waals surface area contributed by atoms with E-state index in [2.05, 4.69) is 22.8 Å². The first kappa shape index (κ1) is 17.5. The van der Waals surface area contributed by atoms with Crippen LogP contribution in [0.2, 0.25) is 0 Å². The van der Waals surface area contributed by atoms with Gasteiger partial charge in [-0.3, -0.25) is 4.79 Å². The van der Waals surface area contributed by atoms with Crippen molar-refractivity contribution < 1.29 is 9.53 Å². The summed E-state index contributed by atoms with van der Waals surface area (Å²) in [6.07, 6.45) is 1.79. The molecule has 1 saturated heterocycles. The number of hydrogen-bond donors (Lipinski definition) is 2. The molecule has 25 heavy (non-hydrogen) atoms. The summed E-state index contributed by atoms with van der Waals surface area (Å²) in [5.41, 5.74) is 3.02. The summed E-state index contributed by atoms with van der Waals surface area (Å²) in [6.45, 7) is 5.87. The lowest BCUT2D eigenvalue weighted by atomic mass is 9.97. The van der Waals surface area contributed by atoms with Crippen LogP contribution in [-0.4, -0.2) is 19.0 Å². The highest BCUT2D eigenvalue weighted by Crippen LogP contribution is 2.26. The Kier molecular flexibility index (Phi) is 5.71. The molecule has 0 saturated carbocycles. The van der Waals surface area contributed by atoms with Gasteiger partial charge in [-0.25, -0.2) is 0 Å². The zero-order valence-corrected chi connectivity index (χ0v) is 14.9. The summed E-state index contributed by atoms with van der Waals surface area (Å²) in [5.74, 6) is 1.04. The summed E-state index contributed by atoms with van der Waals surface area (Å²) in [7, 11) is 0. The van der Waals surface area contributed by atoms with E-state index in [0.29, 0.717) is 0 Å². The van der Waals surface area contributed by atoms with E-state index in [-0.39, 0.29) is 17.9 Å². The predicted molar refractivity (Wildman–Crippen MR) is 101 cm³/mol. The molecule has 1 unspecified atom stereocenters. The molecular weight excluding hydrogens is 312 g/mol. The van der Waals surface area contributed by atoms with Crippen LogP contribution in [0.5, 0.6) is 5.75 Å². The molecule has 1 aliphatic heterocycles. The molecule has 4 nitrogen and oxygen atoms in total. The number of benzene rings is 2. The maximum atomic E-state index is 12.4. The van der Waals surface area contributed by atoms with Crippen molar-refractivity contribution in [1.29, 1.82) is 0 Å². The second-order valence-electron chi connectivity index (χ2n) is 6.66. The van der Waals surface area contributed by atoms with Gasteiger partial charge in [0.05, 0.1) is 0 Å². The minimum absolute atomic E-state index is 0.0178. The molecule has 0 bridgehead atoms. The lowest BCUT2D eigenvalue weighted by Gasteiger charge is -2.22. The SMILES string of the molecule is Cc1cc(OC(C)c2ccccc2)ccc1NC(=O)C1CCNCC1. The quantitative estimate of drug-likeness (QED) is 0.864. The smallest absolute Gasteiger partial charge is 0.227 e. The number of piperidine rings is 1. The number of aryl methyl sites for hydroxylation is 1. The summed E-state index contributed by atoms with van der Waals surface area (Å²) >= 11 is 0. The Labute approximate surface area is 149 Å². The van der Waals surface area contributed by atoms with Crippen molar-refractivity contribution in [2.24, 2.45) is 5.92 Å². The summed E-state index contributed by atoms with van der Waals surface area (Å²) in [6, 6.07) is 16.0. The molecule has 2 aromatic rings. The topological polar surface area (TPSA) is 50.4 Å². The molecule has 1 aliphatic rings. The highest BCUT2D eigenvalue weighted by atomic mass is 16.5. The van der Waals surface area contributed by atoms with Gasteiger partial charge in [0.25, 0.3) is 0 Å². The molecule has 0 aromatic heterocycles. The highest BCUT2D eigenvalue weighted by Gasteiger charge is 2.21. The molecule has 1 heterocycles. The standard InChI is InChI=1S/C21H26N2O2/c1-15-14-19(25-16(2)17-6-4-3-5-7-17)8-9-20(15)23-21(24)18-10-12-22-13-11-18/h3-9,14,16,18,22H,10-13H2,1-2H3,(H,23,24). The number of carbonyl (C=O) groups is 1. The third-order valence-corrected chi connectivity index (χ3v) is 4.75. The summed E-state index contributed by atoms with van der Waals surface area (Å²) in [4.78, 5) is 12.4. The van der Waals surface area contributed by atoms with Crippen LogP contribution < -0.4 is 15.4 Å². The third-order valence-electron chi connectivity index (χ3n) is 4.75. The first-order chi connectivity index (χ1) is 12.1. The highest BCUT2D eigenvalue weighted by molar-refractivity contribution is 5.93. The van der Waals surface area contributed by atoms with Gasteiger partial charge in [-0.2, -0.15) is 0 Å². The molecule has 0 spiro atoms. The lowest BCUT2D eigenvalue weighted by Crippen LogP contribution is -2.34. The van der Waals surface area contributed by atoms with Gasteiger partial charge in [-0.1, -0.05) is 30.3 Å². The van der Waals surface area contributed by atoms with Crippen LogP contribution in [0, 0.1) is 12.8 Å². The second kappa shape index (κ2) is 8.17. The average Bonchev–Trinajstić information content (AvgIpc) is 2.65. The molecule has 0 aliphatic carbocycles. The lowest BCUT2D eigenvalue weighted by molar-refractivity contribution is -0.120. The Balaban J connectivity index is 1.63. The van der Waals surface area contributed by atoms with Crippen LogP contribution in [0.4, 0.5) is 5.69 Å². The average molecular weight is 338 g/mol. The van der Waals surface area contributed by atoms with E-state index in [4.69, 9.17) is 4.74 Å². The van der Waals surface area contributed by atoms with E-state index < -0.39 is 0 Å². The first-order valence-electron chi connectivity index (χ1n) is 8.97. The Hall–Kier alpha value is -2.33. The van der Waals surface area contributed by atoms with Crippen molar-refractivity contribution in [1.82, 2.24) is 5.32 Å². The molecule has 0 radical (unpaired) electrons. The van der Waals surface area contributed by atoms with E-state index in [1.165, 1.54) is 0 Å². The number of rotatable bonds is 5. The zero-order chi connectivity index (χ0) is 17.6. The second-order valence-corrected chi connectivity index (χ2v) is 6.66. The minimum atomic E-state index is -0.0178. The summed E-state index contributed by atoms with van der Waals surface area (Å²) < 4.78 is 6.04. The number of hydrogen-bond acceptors (Lipinski definition) is 3. The molecule has 4 heteroatoms. The number of carbonyl (C=O) groups excluding carboxylic acids is 1. The Morgan fingerprint density at radius 2 is 1.88 bits per heavy atom. The van der Waals surface area contributed by atoms with Crippen molar-refractivity contribution in [2.75, 3.05) is 18.4 Å². The molecule has 3 rings (SSSR count). The van der Waals surface area contributed by atoms with Gasteiger partial charge >= 0.3 is 0 Å². The van der Waals surface area contributed by atoms with E-state index in [1.54, 1.807) is 0 Å². The van der Waals surface area contributed by atoms with Gasteiger partial charge in [0.15, 0.2) is 0 Å². The van der Waals surface area contributed by atoms with Crippen LogP contribution in [0.3, 0.4) is 0 Å².